The van der Waals surface area contributed by atoms with E-state index in [-0.39, 0.29) is 12.4 Å². The zero-order valence-electron chi connectivity index (χ0n) is 13.8. The van der Waals surface area contributed by atoms with Crippen LogP contribution in [0.4, 0.5) is 4.39 Å². The molecule has 0 spiro atoms. The van der Waals surface area contributed by atoms with Crippen LogP contribution in [0.25, 0.3) is 0 Å². The highest BCUT2D eigenvalue weighted by molar-refractivity contribution is 5.34. The quantitative estimate of drug-likeness (QED) is 0.820. The Hall–Kier alpha value is -2.42. The maximum atomic E-state index is 13.3. The third kappa shape index (κ3) is 5.05. The Bertz CT molecular complexity index is 708. The SMILES string of the molecule is CC(C)(NCC(O)COc1ccc(C#N)cc1)c1cccc(F)c1. The molecule has 24 heavy (non-hydrogen) atoms. The van der Waals surface area contributed by atoms with Crippen molar-refractivity contribution in [3.63, 3.8) is 0 Å². The van der Waals surface area contributed by atoms with E-state index in [0.717, 1.165) is 5.56 Å². The average Bonchev–Trinajstić information content (AvgIpc) is 2.58. The van der Waals surface area contributed by atoms with Crippen molar-refractivity contribution in [3.05, 3.63) is 65.5 Å². The van der Waals surface area contributed by atoms with Crippen molar-refractivity contribution >= 4 is 0 Å². The van der Waals surface area contributed by atoms with Gasteiger partial charge >= 0.3 is 0 Å². The number of halogens is 1. The Morgan fingerprint density at radius 1 is 1.25 bits per heavy atom. The third-order valence-corrected chi connectivity index (χ3v) is 3.75. The maximum Gasteiger partial charge on any atom is 0.123 e. The predicted molar refractivity (Wildman–Crippen MR) is 90.1 cm³/mol. The molecule has 0 aliphatic carbocycles. The van der Waals surface area contributed by atoms with Gasteiger partial charge in [0.1, 0.15) is 24.3 Å². The van der Waals surface area contributed by atoms with Crippen molar-refractivity contribution in [1.29, 1.82) is 5.26 Å². The molecule has 2 N–H and O–H groups in total. The molecule has 0 aliphatic rings. The molecular formula is C19H21FN2O2. The summed E-state index contributed by atoms with van der Waals surface area (Å²) in [5, 5.41) is 22.0. The summed E-state index contributed by atoms with van der Waals surface area (Å²) in [6.45, 7) is 4.28. The van der Waals surface area contributed by atoms with Crippen molar-refractivity contribution in [2.45, 2.75) is 25.5 Å². The molecule has 4 nitrogen and oxygen atoms in total. The molecule has 5 heteroatoms. The molecule has 0 aliphatic heterocycles. The fourth-order valence-electron chi connectivity index (χ4n) is 2.23. The van der Waals surface area contributed by atoms with E-state index in [1.54, 1.807) is 30.3 Å². The molecule has 126 valence electrons. The van der Waals surface area contributed by atoms with Crippen LogP contribution >= 0.6 is 0 Å². The zero-order chi connectivity index (χ0) is 17.6. The van der Waals surface area contributed by atoms with E-state index >= 15 is 0 Å². The van der Waals surface area contributed by atoms with Crippen LogP contribution in [0.15, 0.2) is 48.5 Å². The van der Waals surface area contributed by atoms with Gasteiger partial charge in [0.05, 0.1) is 11.6 Å². The topological polar surface area (TPSA) is 65.3 Å². The van der Waals surface area contributed by atoms with Crippen molar-refractivity contribution in [2.24, 2.45) is 0 Å². The van der Waals surface area contributed by atoms with Gasteiger partial charge in [-0.15, -0.1) is 0 Å². The largest absolute Gasteiger partial charge is 0.491 e. The number of hydrogen-bond donors (Lipinski definition) is 2. The molecule has 2 aromatic carbocycles. The first-order valence-electron chi connectivity index (χ1n) is 7.73. The second kappa shape index (κ2) is 7.91. The van der Waals surface area contributed by atoms with Crippen LogP contribution in [0, 0.1) is 17.1 Å². The Balaban J connectivity index is 1.83. The number of nitrogens with one attached hydrogen (secondary N) is 1. The van der Waals surface area contributed by atoms with Gasteiger partial charge in [0, 0.05) is 12.1 Å². The molecule has 0 saturated heterocycles. The van der Waals surface area contributed by atoms with E-state index in [9.17, 15) is 9.50 Å². The van der Waals surface area contributed by atoms with Gasteiger partial charge in [0.2, 0.25) is 0 Å². The van der Waals surface area contributed by atoms with Crippen LogP contribution in [0.3, 0.4) is 0 Å². The van der Waals surface area contributed by atoms with Crippen LogP contribution in [0.5, 0.6) is 5.75 Å². The van der Waals surface area contributed by atoms with Gasteiger partial charge in [0.15, 0.2) is 0 Å². The van der Waals surface area contributed by atoms with Crippen LogP contribution in [0.1, 0.15) is 25.0 Å². The fourth-order valence-corrected chi connectivity index (χ4v) is 2.23. The predicted octanol–water partition coefficient (Wildman–Crippen LogP) is 2.96. The van der Waals surface area contributed by atoms with Gasteiger partial charge in [-0.3, -0.25) is 0 Å². The highest BCUT2D eigenvalue weighted by Gasteiger charge is 2.21. The van der Waals surface area contributed by atoms with Crippen molar-refractivity contribution in [2.75, 3.05) is 13.2 Å². The zero-order valence-corrected chi connectivity index (χ0v) is 13.8. The molecular weight excluding hydrogens is 307 g/mol. The summed E-state index contributed by atoms with van der Waals surface area (Å²) in [6.07, 6.45) is -0.714. The second-order valence-corrected chi connectivity index (χ2v) is 6.12. The number of rotatable bonds is 7. The molecule has 1 unspecified atom stereocenters. The first-order chi connectivity index (χ1) is 11.4. The normalized spacial score (nSPS) is 12.5. The number of benzene rings is 2. The highest BCUT2D eigenvalue weighted by Crippen LogP contribution is 2.20. The summed E-state index contributed by atoms with van der Waals surface area (Å²) in [5.41, 5.74) is 0.890. The van der Waals surface area contributed by atoms with E-state index < -0.39 is 11.6 Å². The van der Waals surface area contributed by atoms with Crippen LogP contribution in [-0.4, -0.2) is 24.4 Å². The monoisotopic (exact) mass is 328 g/mol. The van der Waals surface area contributed by atoms with Gasteiger partial charge in [-0.2, -0.15) is 5.26 Å². The lowest BCUT2D eigenvalue weighted by Gasteiger charge is -2.28. The van der Waals surface area contributed by atoms with Gasteiger partial charge in [-0.25, -0.2) is 4.39 Å². The summed E-state index contributed by atoms with van der Waals surface area (Å²) < 4.78 is 18.8. The van der Waals surface area contributed by atoms with Gasteiger partial charge in [-0.05, 0) is 55.8 Å². The molecule has 2 aromatic rings. The number of nitriles is 1. The molecule has 0 fully saturated rings. The lowest BCUT2D eigenvalue weighted by molar-refractivity contribution is 0.0987. The van der Waals surface area contributed by atoms with Crippen molar-refractivity contribution < 1.29 is 14.2 Å². The summed E-state index contributed by atoms with van der Waals surface area (Å²) in [5.74, 6) is 0.310. The number of aliphatic hydroxyl groups excluding tert-OH is 1. The molecule has 0 radical (unpaired) electrons. The molecule has 2 rings (SSSR count). The Morgan fingerprint density at radius 2 is 1.96 bits per heavy atom. The number of ether oxygens (including phenoxy) is 1. The van der Waals surface area contributed by atoms with Crippen LogP contribution in [-0.2, 0) is 5.54 Å². The highest BCUT2D eigenvalue weighted by atomic mass is 19.1. The minimum Gasteiger partial charge on any atom is -0.491 e. The summed E-state index contributed by atoms with van der Waals surface area (Å²) >= 11 is 0. The van der Waals surface area contributed by atoms with E-state index in [1.165, 1.54) is 12.1 Å². The Kier molecular flexibility index (Phi) is 5.91. The molecule has 0 amide bonds. The van der Waals surface area contributed by atoms with E-state index in [2.05, 4.69) is 5.32 Å². The minimum atomic E-state index is -0.714. The first kappa shape index (κ1) is 17.9. The van der Waals surface area contributed by atoms with Crippen molar-refractivity contribution in [1.82, 2.24) is 5.32 Å². The lowest BCUT2D eigenvalue weighted by Crippen LogP contribution is -2.42. The number of hydrogen-bond acceptors (Lipinski definition) is 4. The molecule has 0 saturated carbocycles. The van der Waals surface area contributed by atoms with Crippen molar-refractivity contribution in [3.8, 4) is 11.8 Å². The summed E-state index contributed by atoms with van der Waals surface area (Å²) in [4.78, 5) is 0. The third-order valence-electron chi connectivity index (χ3n) is 3.75. The Labute approximate surface area is 141 Å². The van der Waals surface area contributed by atoms with Crippen LogP contribution < -0.4 is 10.1 Å². The molecule has 0 bridgehead atoms. The van der Waals surface area contributed by atoms with E-state index in [4.69, 9.17) is 10.00 Å². The smallest absolute Gasteiger partial charge is 0.123 e. The summed E-state index contributed by atoms with van der Waals surface area (Å²) in [7, 11) is 0. The van der Waals surface area contributed by atoms with E-state index in [1.807, 2.05) is 26.0 Å². The minimum absolute atomic E-state index is 0.123. The second-order valence-electron chi connectivity index (χ2n) is 6.12. The summed E-state index contributed by atoms with van der Waals surface area (Å²) in [6, 6.07) is 15.1. The molecule has 1 atom stereocenters. The van der Waals surface area contributed by atoms with Gasteiger partial charge in [-0.1, -0.05) is 12.1 Å². The fraction of sp³-hybridized carbons (Fsp3) is 0.316. The van der Waals surface area contributed by atoms with Gasteiger partial charge in [0.25, 0.3) is 0 Å². The maximum absolute atomic E-state index is 13.3. The van der Waals surface area contributed by atoms with E-state index in [0.29, 0.717) is 17.9 Å². The molecule has 0 heterocycles. The Morgan fingerprint density at radius 3 is 2.58 bits per heavy atom. The van der Waals surface area contributed by atoms with Gasteiger partial charge < -0.3 is 15.2 Å². The van der Waals surface area contributed by atoms with Crippen LogP contribution in [0.2, 0.25) is 0 Å². The molecule has 0 aromatic heterocycles. The average molecular weight is 328 g/mol. The first-order valence-corrected chi connectivity index (χ1v) is 7.73. The standard InChI is InChI=1S/C19H21FN2O2/c1-19(2,15-4-3-5-16(20)10-15)22-12-17(23)13-24-18-8-6-14(11-21)7-9-18/h3-10,17,22-23H,12-13H2,1-2H3. The number of aliphatic hydroxyl groups is 1. The lowest BCUT2D eigenvalue weighted by atomic mass is 9.94. The number of nitrogens with zero attached hydrogens (tertiary/aromatic N) is 1.